The molecular formula is C11H15F2NO. The number of halogens is 2. The van der Waals surface area contributed by atoms with Gasteiger partial charge in [0.15, 0.2) is 0 Å². The van der Waals surface area contributed by atoms with E-state index in [1.807, 2.05) is 6.92 Å². The molecule has 0 amide bonds. The fourth-order valence-electron chi connectivity index (χ4n) is 1.31. The van der Waals surface area contributed by atoms with Crippen LogP contribution in [0.2, 0.25) is 0 Å². The normalized spacial score (nSPS) is 12.8. The molecule has 1 atom stereocenters. The number of nitrogens with two attached hydrogens (primary N) is 1. The zero-order chi connectivity index (χ0) is 11.3. The fourth-order valence-corrected chi connectivity index (χ4v) is 1.31. The Hall–Kier alpha value is -1.00. The van der Waals surface area contributed by atoms with Crippen LogP contribution in [0, 0.1) is 11.6 Å². The molecule has 0 saturated carbocycles. The van der Waals surface area contributed by atoms with Gasteiger partial charge in [-0.15, -0.1) is 0 Å². The van der Waals surface area contributed by atoms with Crippen molar-refractivity contribution in [3.05, 3.63) is 35.4 Å². The maximum Gasteiger partial charge on any atom is 0.130 e. The molecule has 0 aromatic heterocycles. The molecule has 1 aromatic rings. The summed E-state index contributed by atoms with van der Waals surface area (Å²) in [5.41, 5.74) is 6.07. The third-order valence-corrected chi connectivity index (χ3v) is 2.14. The Morgan fingerprint density at radius 1 is 1.40 bits per heavy atom. The first kappa shape index (κ1) is 12.1. The second kappa shape index (κ2) is 5.78. The van der Waals surface area contributed by atoms with Crippen LogP contribution in [-0.4, -0.2) is 13.2 Å². The van der Waals surface area contributed by atoms with Crippen LogP contribution >= 0.6 is 0 Å². The molecule has 4 heteroatoms. The van der Waals surface area contributed by atoms with Gasteiger partial charge >= 0.3 is 0 Å². The van der Waals surface area contributed by atoms with Gasteiger partial charge in [0.05, 0.1) is 0 Å². The average molecular weight is 215 g/mol. The van der Waals surface area contributed by atoms with Crippen LogP contribution in [0.25, 0.3) is 0 Å². The zero-order valence-corrected chi connectivity index (χ0v) is 8.67. The van der Waals surface area contributed by atoms with Crippen LogP contribution in [0.4, 0.5) is 8.78 Å². The molecule has 0 bridgehead atoms. The Morgan fingerprint density at radius 2 is 2.13 bits per heavy atom. The van der Waals surface area contributed by atoms with Gasteiger partial charge in [-0.2, -0.15) is 0 Å². The van der Waals surface area contributed by atoms with Gasteiger partial charge < -0.3 is 10.5 Å². The van der Waals surface area contributed by atoms with E-state index in [1.54, 1.807) is 0 Å². The minimum atomic E-state index is -0.598. The van der Waals surface area contributed by atoms with Crippen LogP contribution in [-0.2, 0) is 4.74 Å². The summed E-state index contributed by atoms with van der Waals surface area (Å²) in [7, 11) is 0. The summed E-state index contributed by atoms with van der Waals surface area (Å²) >= 11 is 0. The van der Waals surface area contributed by atoms with Crippen LogP contribution in [0.5, 0.6) is 0 Å². The van der Waals surface area contributed by atoms with Gasteiger partial charge in [-0.3, -0.25) is 0 Å². The molecular weight excluding hydrogens is 200 g/mol. The molecule has 0 heterocycles. The smallest absolute Gasteiger partial charge is 0.130 e. The van der Waals surface area contributed by atoms with Crippen LogP contribution in [0.15, 0.2) is 18.2 Å². The van der Waals surface area contributed by atoms with E-state index in [1.165, 1.54) is 12.1 Å². The quantitative estimate of drug-likeness (QED) is 0.765. The van der Waals surface area contributed by atoms with Crippen molar-refractivity contribution in [2.75, 3.05) is 13.2 Å². The largest absolute Gasteiger partial charge is 0.382 e. The fraction of sp³-hybridized carbons (Fsp3) is 0.455. The second-order valence-electron chi connectivity index (χ2n) is 3.26. The molecule has 2 nitrogen and oxygen atoms in total. The van der Waals surface area contributed by atoms with Crippen molar-refractivity contribution in [1.82, 2.24) is 0 Å². The summed E-state index contributed by atoms with van der Waals surface area (Å²) in [5, 5.41) is 0. The molecule has 0 aliphatic carbocycles. The lowest BCUT2D eigenvalue weighted by molar-refractivity contribution is 0.139. The first-order valence-electron chi connectivity index (χ1n) is 4.93. The van der Waals surface area contributed by atoms with E-state index in [9.17, 15) is 8.78 Å². The monoisotopic (exact) mass is 215 g/mol. The summed E-state index contributed by atoms with van der Waals surface area (Å²) in [6.45, 7) is 2.97. The molecule has 0 spiro atoms. The summed E-state index contributed by atoms with van der Waals surface area (Å²) in [6.07, 6.45) is 0.524. The number of hydrogen-bond acceptors (Lipinski definition) is 2. The molecule has 15 heavy (non-hydrogen) atoms. The van der Waals surface area contributed by atoms with Gasteiger partial charge in [-0.05, 0) is 19.4 Å². The van der Waals surface area contributed by atoms with Gasteiger partial charge in [0.25, 0.3) is 0 Å². The molecule has 1 rings (SSSR count). The van der Waals surface area contributed by atoms with Gasteiger partial charge in [0.2, 0.25) is 0 Å². The van der Waals surface area contributed by atoms with Crippen molar-refractivity contribution in [2.24, 2.45) is 5.73 Å². The molecule has 2 N–H and O–H groups in total. The van der Waals surface area contributed by atoms with E-state index in [-0.39, 0.29) is 0 Å². The van der Waals surface area contributed by atoms with Crippen molar-refractivity contribution < 1.29 is 13.5 Å². The average Bonchev–Trinajstić information content (AvgIpc) is 2.17. The summed E-state index contributed by atoms with van der Waals surface area (Å²) in [5.74, 6) is -1.19. The highest BCUT2D eigenvalue weighted by Gasteiger charge is 2.11. The Morgan fingerprint density at radius 3 is 2.73 bits per heavy atom. The number of ether oxygens (including phenoxy) is 1. The summed E-state index contributed by atoms with van der Waals surface area (Å²) < 4.78 is 31.0. The second-order valence-corrected chi connectivity index (χ2v) is 3.26. The minimum Gasteiger partial charge on any atom is -0.382 e. The van der Waals surface area contributed by atoms with Crippen molar-refractivity contribution in [3.63, 3.8) is 0 Å². The molecule has 84 valence electrons. The lowest BCUT2D eigenvalue weighted by Crippen LogP contribution is -2.14. The minimum absolute atomic E-state index is 0.330. The third kappa shape index (κ3) is 3.57. The molecule has 0 aliphatic heterocycles. The standard InChI is InChI=1S/C11H15F2NO/c1-2-15-6-5-11(14)9-4-3-8(12)7-10(9)13/h3-4,7,11H,2,5-6,14H2,1H3. The van der Waals surface area contributed by atoms with Gasteiger partial charge in [-0.25, -0.2) is 8.78 Å². The van der Waals surface area contributed by atoms with Crippen LogP contribution in [0.3, 0.4) is 0 Å². The third-order valence-electron chi connectivity index (χ3n) is 2.14. The molecule has 0 saturated heterocycles. The Labute approximate surface area is 88.0 Å². The van der Waals surface area contributed by atoms with Crippen molar-refractivity contribution in [1.29, 1.82) is 0 Å². The first-order valence-corrected chi connectivity index (χ1v) is 4.93. The maximum absolute atomic E-state index is 13.2. The van der Waals surface area contributed by atoms with Crippen molar-refractivity contribution >= 4 is 0 Å². The highest BCUT2D eigenvalue weighted by atomic mass is 19.1. The SMILES string of the molecule is CCOCCC(N)c1ccc(F)cc1F. The van der Waals surface area contributed by atoms with Gasteiger partial charge in [-0.1, -0.05) is 6.07 Å². The van der Waals surface area contributed by atoms with Gasteiger partial charge in [0.1, 0.15) is 11.6 Å². The van der Waals surface area contributed by atoms with E-state index in [4.69, 9.17) is 10.5 Å². The van der Waals surface area contributed by atoms with E-state index in [2.05, 4.69) is 0 Å². The molecule has 0 radical (unpaired) electrons. The summed E-state index contributed by atoms with van der Waals surface area (Å²) in [6, 6.07) is 2.98. The lowest BCUT2D eigenvalue weighted by atomic mass is 10.0. The number of hydrogen-bond donors (Lipinski definition) is 1. The van der Waals surface area contributed by atoms with Crippen LogP contribution in [0.1, 0.15) is 24.9 Å². The maximum atomic E-state index is 13.2. The van der Waals surface area contributed by atoms with Gasteiger partial charge in [0, 0.05) is 30.9 Å². The topological polar surface area (TPSA) is 35.2 Å². The molecule has 1 unspecified atom stereocenters. The van der Waals surface area contributed by atoms with E-state index >= 15 is 0 Å². The number of rotatable bonds is 5. The Balaban J connectivity index is 2.61. The highest BCUT2D eigenvalue weighted by molar-refractivity contribution is 5.21. The molecule has 1 aromatic carbocycles. The van der Waals surface area contributed by atoms with E-state index in [0.29, 0.717) is 25.2 Å². The Bertz CT molecular complexity index is 317. The molecule has 0 fully saturated rings. The predicted molar refractivity (Wildman–Crippen MR) is 54.4 cm³/mol. The van der Waals surface area contributed by atoms with E-state index in [0.717, 1.165) is 6.07 Å². The summed E-state index contributed by atoms with van der Waals surface area (Å²) in [4.78, 5) is 0. The number of benzene rings is 1. The lowest BCUT2D eigenvalue weighted by Gasteiger charge is -2.12. The Kier molecular flexibility index (Phi) is 4.65. The highest BCUT2D eigenvalue weighted by Crippen LogP contribution is 2.18. The first-order chi connectivity index (χ1) is 7.15. The van der Waals surface area contributed by atoms with Crippen molar-refractivity contribution in [3.8, 4) is 0 Å². The van der Waals surface area contributed by atoms with Crippen molar-refractivity contribution in [2.45, 2.75) is 19.4 Å². The van der Waals surface area contributed by atoms with Crippen LogP contribution < -0.4 is 5.73 Å². The zero-order valence-electron chi connectivity index (χ0n) is 8.67. The molecule has 0 aliphatic rings. The predicted octanol–water partition coefficient (Wildman–Crippen LogP) is 2.39. The van der Waals surface area contributed by atoms with E-state index < -0.39 is 17.7 Å².